The molecular weight excluding hydrogens is 412 g/mol. The molecule has 0 aliphatic carbocycles. The van der Waals surface area contributed by atoms with E-state index in [4.69, 9.17) is 15.9 Å². The van der Waals surface area contributed by atoms with E-state index in [1.807, 2.05) is 12.3 Å². The zero-order valence-electron chi connectivity index (χ0n) is 16.4. The predicted molar refractivity (Wildman–Crippen MR) is 114 cm³/mol. The van der Waals surface area contributed by atoms with E-state index in [2.05, 4.69) is 53.4 Å². The molecule has 0 spiro atoms. The highest BCUT2D eigenvalue weighted by Crippen LogP contribution is 2.15. The highest BCUT2D eigenvalue weighted by atomic mass is 32.1. The number of rotatable bonds is 9. The van der Waals surface area contributed by atoms with E-state index < -0.39 is 42.4 Å². The van der Waals surface area contributed by atoms with E-state index in [1.165, 1.54) is 16.5 Å². The number of aromatic amines is 1. The lowest BCUT2D eigenvalue weighted by molar-refractivity contribution is -0.139. The maximum absolute atomic E-state index is 11.5. The molecule has 0 aliphatic rings. The lowest BCUT2D eigenvalue weighted by Gasteiger charge is -2.16. The van der Waals surface area contributed by atoms with E-state index in [0.717, 1.165) is 0 Å². The number of aromatic nitrogens is 1. The van der Waals surface area contributed by atoms with Gasteiger partial charge in [0, 0.05) is 29.3 Å². The summed E-state index contributed by atoms with van der Waals surface area (Å²) in [7, 11) is 0. The van der Waals surface area contributed by atoms with Gasteiger partial charge in [-0.05, 0) is 25.0 Å². The van der Waals surface area contributed by atoms with Gasteiger partial charge in [0.05, 0.1) is 0 Å². The number of H-pyrrole nitrogens is 1. The number of benzene rings is 1. The number of carboxylic acids is 2. The Bertz CT molecular complexity index is 885. The van der Waals surface area contributed by atoms with Crippen LogP contribution in [0.2, 0.25) is 0 Å². The largest absolute Gasteiger partial charge is 0.480 e. The number of fused-ring (bicyclic) bond motifs is 1. The Morgan fingerprint density at radius 1 is 1.20 bits per heavy atom. The fraction of sp³-hybridized carbons (Fsp3) is 0.368. The molecule has 2 aromatic rings. The van der Waals surface area contributed by atoms with Crippen molar-refractivity contribution in [2.24, 2.45) is 5.73 Å². The average molecular weight is 439 g/mol. The molecule has 164 valence electrons. The van der Waals surface area contributed by atoms with E-state index in [0.29, 0.717) is 0 Å². The molecule has 30 heavy (non-hydrogen) atoms. The Balaban J connectivity index is 0.000000367. The maximum atomic E-state index is 11.5. The number of carbonyl (C=O) groups excluding carboxylic acids is 2. The van der Waals surface area contributed by atoms with Gasteiger partial charge >= 0.3 is 11.9 Å². The van der Waals surface area contributed by atoms with Crippen LogP contribution in [0.4, 0.5) is 0 Å². The van der Waals surface area contributed by atoms with Gasteiger partial charge in [-0.2, -0.15) is 12.6 Å². The topological polar surface area (TPSA) is 175 Å². The molecule has 0 radical (unpaired) electrons. The van der Waals surface area contributed by atoms with E-state index in [9.17, 15) is 19.2 Å². The molecule has 1 aromatic carbocycles. The molecule has 0 aliphatic heterocycles. The number of para-hydroxylation sites is 1. The zero-order chi connectivity index (χ0) is 22.7. The predicted octanol–water partition coefficient (Wildman–Crippen LogP) is 0.270. The van der Waals surface area contributed by atoms with Crippen LogP contribution < -0.4 is 16.4 Å². The molecule has 11 heteroatoms. The Labute approximate surface area is 178 Å². The van der Waals surface area contributed by atoms with E-state index >= 15 is 0 Å². The summed E-state index contributed by atoms with van der Waals surface area (Å²) < 4.78 is 0. The van der Waals surface area contributed by atoms with Gasteiger partial charge in [-0.25, -0.2) is 0 Å². The molecule has 2 rings (SSSR count). The van der Waals surface area contributed by atoms with Crippen molar-refractivity contribution in [2.75, 3.05) is 12.3 Å². The minimum atomic E-state index is -1.22. The summed E-state index contributed by atoms with van der Waals surface area (Å²) >= 11 is 3.87. The minimum Gasteiger partial charge on any atom is -0.480 e. The summed E-state index contributed by atoms with van der Waals surface area (Å²) in [6.45, 7) is 1.54. The van der Waals surface area contributed by atoms with Crippen LogP contribution in [0.1, 0.15) is 18.4 Å². The number of nitrogens with two attached hydrogens (primary N) is 1. The van der Waals surface area contributed by atoms with Gasteiger partial charge in [-0.3, -0.25) is 19.2 Å². The molecule has 2 unspecified atom stereocenters. The van der Waals surface area contributed by atoms with Crippen molar-refractivity contribution in [2.45, 2.75) is 31.8 Å². The van der Waals surface area contributed by atoms with Crippen molar-refractivity contribution in [3.05, 3.63) is 36.0 Å². The van der Waals surface area contributed by atoms with Gasteiger partial charge in [-0.1, -0.05) is 18.2 Å². The van der Waals surface area contributed by atoms with Crippen LogP contribution in [-0.2, 0) is 19.2 Å². The second kappa shape index (κ2) is 12.5. The molecule has 0 bridgehead atoms. The van der Waals surface area contributed by atoms with Crippen molar-refractivity contribution in [3.63, 3.8) is 0 Å². The van der Waals surface area contributed by atoms with Crippen molar-refractivity contribution >= 4 is 47.3 Å². The first-order valence-corrected chi connectivity index (χ1v) is 9.69. The molecule has 1 aromatic heterocycles. The number of aliphatic carboxylic acids is 2. The van der Waals surface area contributed by atoms with Crippen molar-refractivity contribution in [3.8, 4) is 0 Å². The van der Waals surface area contributed by atoms with Gasteiger partial charge in [0.1, 0.15) is 18.6 Å². The molecule has 10 nitrogen and oxygen atoms in total. The fourth-order valence-electron chi connectivity index (χ4n) is 2.37. The van der Waals surface area contributed by atoms with Crippen molar-refractivity contribution < 1.29 is 29.4 Å². The normalized spacial score (nSPS) is 12.2. The first-order valence-electron chi connectivity index (χ1n) is 9.06. The van der Waals surface area contributed by atoms with Crippen molar-refractivity contribution in [1.29, 1.82) is 0 Å². The third-order valence-corrected chi connectivity index (χ3v) is 4.41. The number of hydrogen-bond donors (Lipinski definition) is 7. The van der Waals surface area contributed by atoms with Crippen LogP contribution in [-0.4, -0.2) is 63.3 Å². The Morgan fingerprint density at radius 3 is 2.43 bits per heavy atom. The highest BCUT2D eigenvalue weighted by Gasteiger charge is 2.20. The summed E-state index contributed by atoms with van der Waals surface area (Å²) in [6.07, 6.45) is 1.80. The molecule has 2 amide bonds. The van der Waals surface area contributed by atoms with Crippen molar-refractivity contribution in [1.82, 2.24) is 15.6 Å². The van der Waals surface area contributed by atoms with E-state index in [-0.39, 0.29) is 18.6 Å². The average Bonchev–Trinajstić information content (AvgIpc) is 3.10. The Kier molecular flexibility index (Phi) is 10.4. The number of aryl methyl sites for hydroxylation is 1. The standard InChI is InChI=1S/C10H17N3O6S.C9H9N/c11-5(10(18)19)1-2-7(14)13-6(4-20)9(17)12-3-8(15)16;1-7-6-10-9-5-3-2-4-8(7)9/h5-6,20H,1-4,11H2,(H,12,17)(H,13,14)(H,15,16)(H,18,19);2-6,10H,1H3. The number of hydrogen-bond acceptors (Lipinski definition) is 6. The van der Waals surface area contributed by atoms with Crippen LogP contribution in [0.3, 0.4) is 0 Å². The second-order valence-corrected chi connectivity index (χ2v) is 6.78. The van der Waals surface area contributed by atoms with Gasteiger partial charge in [-0.15, -0.1) is 0 Å². The third-order valence-electron chi connectivity index (χ3n) is 4.04. The van der Waals surface area contributed by atoms with Gasteiger partial charge < -0.3 is 31.6 Å². The molecule has 0 saturated heterocycles. The lowest BCUT2D eigenvalue weighted by Crippen LogP contribution is -2.49. The number of carbonyl (C=O) groups is 4. The molecular formula is C19H26N4O6S. The molecule has 2 atom stereocenters. The zero-order valence-corrected chi connectivity index (χ0v) is 17.3. The lowest BCUT2D eigenvalue weighted by atomic mass is 10.1. The molecule has 1 heterocycles. The van der Waals surface area contributed by atoms with Gasteiger partial charge in [0.15, 0.2) is 0 Å². The third kappa shape index (κ3) is 8.53. The van der Waals surface area contributed by atoms with Gasteiger partial charge in [0.25, 0.3) is 0 Å². The van der Waals surface area contributed by atoms with Crippen LogP contribution in [0.25, 0.3) is 10.9 Å². The first-order chi connectivity index (χ1) is 14.1. The SMILES string of the molecule is Cc1c[nH]c2ccccc12.NC(CCC(=O)NC(CS)C(=O)NCC(=O)O)C(=O)O. The molecule has 7 N–H and O–H groups in total. The van der Waals surface area contributed by atoms with Crippen LogP contribution in [0.15, 0.2) is 30.5 Å². The second-order valence-electron chi connectivity index (χ2n) is 6.41. The van der Waals surface area contributed by atoms with Gasteiger partial charge in [0.2, 0.25) is 11.8 Å². The quantitative estimate of drug-likeness (QED) is 0.275. The number of amides is 2. The summed E-state index contributed by atoms with van der Waals surface area (Å²) in [6, 6.07) is 6.16. The summed E-state index contributed by atoms with van der Waals surface area (Å²) in [5, 5.41) is 22.7. The smallest absolute Gasteiger partial charge is 0.322 e. The van der Waals surface area contributed by atoms with Crippen LogP contribution >= 0.6 is 12.6 Å². The summed E-state index contributed by atoms with van der Waals surface area (Å²) in [5.74, 6) is -3.70. The summed E-state index contributed by atoms with van der Waals surface area (Å²) in [5.41, 5.74) is 7.77. The highest BCUT2D eigenvalue weighted by molar-refractivity contribution is 7.80. The Morgan fingerprint density at radius 2 is 1.87 bits per heavy atom. The maximum Gasteiger partial charge on any atom is 0.322 e. The number of carboxylic acid groups (broad SMARTS) is 2. The number of thiol groups is 1. The molecule has 0 saturated carbocycles. The van der Waals surface area contributed by atoms with E-state index in [1.54, 1.807) is 0 Å². The van der Waals surface area contributed by atoms with Crippen LogP contribution in [0.5, 0.6) is 0 Å². The summed E-state index contributed by atoms with van der Waals surface area (Å²) in [4.78, 5) is 46.9. The number of nitrogens with one attached hydrogen (secondary N) is 3. The Hall–Kier alpha value is -3.05. The van der Waals surface area contributed by atoms with Crippen LogP contribution in [0, 0.1) is 6.92 Å². The molecule has 0 fully saturated rings. The fourth-order valence-corrected chi connectivity index (χ4v) is 2.63. The minimum absolute atomic E-state index is 0.0256. The monoisotopic (exact) mass is 438 g/mol. The first kappa shape index (κ1) is 25.0.